The monoisotopic (exact) mass is 311 g/mol. The highest BCUT2D eigenvalue weighted by Gasteiger charge is 2.21. The largest absolute Gasteiger partial charge is 0.288 e. The highest BCUT2D eigenvalue weighted by Crippen LogP contribution is 2.08. The van der Waals surface area contributed by atoms with Crippen LogP contribution in [0.1, 0.15) is 27.4 Å². The Morgan fingerprint density at radius 3 is 2.70 bits per heavy atom. The topological polar surface area (TPSA) is 119 Å². The van der Waals surface area contributed by atoms with Gasteiger partial charge in [0.25, 0.3) is 5.78 Å². The second-order valence-electron chi connectivity index (χ2n) is 5.02. The molecule has 1 aromatic carbocycles. The maximum Gasteiger partial charge on any atom is 0.271 e. The Hall–Kier alpha value is -3.23. The Bertz CT molecular complexity index is 821. The number of Topliss-reactive ketones (excluding diaryl/α,β-unsaturated/α-hetero) is 2. The molecule has 0 spiro atoms. The molecule has 0 aliphatic heterocycles. The van der Waals surface area contributed by atoms with E-state index in [2.05, 4.69) is 30.8 Å². The number of carbonyl (C=O) groups excluding carboxylic acids is 2. The molecule has 3 aromatic rings. The summed E-state index contributed by atoms with van der Waals surface area (Å²) in [6, 6.07) is 8.07. The molecule has 0 saturated carbocycles. The van der Waals surface area contributed by atoms with E-state index in [4.69, 9.17) is 0 Å². The van der Waals surface area contributed by atoms with Gasteiger partial charge in [-0.2, -0.15) is 20.2 Å². The van der Waals surface area contributed by atoms with E-state index in [1.54, 1.807) is 6.20 Å². The normalized spacial score (nSPS) is 10.7. The van der Waals surface area contributed by atoms with Crippen LogP contribution in [-0.2, 0) is 17.8 Å². The van der Waals surface area contributed by atoms with Gasteiger partial charge in [-0.25, -0.2) is 0 Å². The highest BCUT2D eigenvalue weighted by molar-refractivity contribution is 6.42. The molecule has 23 heavy (non-hydrogen) atoms. The quantitative estimate of drug-likeness (QED) is 0.508. The van der Waals surface area contributed by atoms with E-state index in [-0.39, 0.29) is 12.4 Å². The summed E-state index contributed by atoms with van der Waals surface area (Å²) in [4.78, 5) is 24.8. The lowest BCUT2D eigenvalue weighted by Gasteiger charge is -1.99. The molecule has 0 bridgehead atoms. The Morgan fingerprint density at radius 1 is 1.22 bits per heavy atom. The summed E-state index contributed by atoms with van der Waals surface area (Å²) in [6.07, 6.45) is 2.18. The Morgan fingerprint density at radius 2 is 2.00 bits per heavy atom. The standard InChI is InChI=1S/C14H13N7O2/c1-9-2-4-10(5-3-9)6-11-7-15-21(18-11)8-12(22)13(23)14-16-19-20-17-14/h2-5,7H,6,8H2,1H3,(H,16,17,19,20). The molecular weight excluding hydrogens is 298 g/mol. The van der Waals surface area contributed by atoms with Crippen LogP contribution in [0.25, 0.3) is 0 Å². The molecule has 1 N–H and O–H groups in total. The molecule has 0 aliphatic carbocycles. The van der Waals surface area contributed by atoms with Gasteiger partial charge in [-0.3, -0.25) is 9.59 Å². The fourth-order valence-corrected chi connectivity index (χ4v) is 1.99. The minimum atomic E-state index is -0.823. The summed E-state index contributed by atoms with van der Waals surface area (Å²) in [5.74, 6) is -1.79. The molecule has 0 unspecified atom stereocenters. The van der Waals surface area contributed by atoms with Crippen molar-refractivity contribution in [3.8, 4) is 0 Å². The maximum atomic E-state index is 11.8. The molecule has 0 radical (unpaired) electrons. The zero-order chi connectivity index (χ0) is 16.2. The van der Waals surface area contributed by atoms with E-state index >= 15 is 0 Å². The number of nitrogens with one attached hydrogen (secondary N) is 1. The third-order valence-corrected chi connectivity index (χ3v) is 3.18. The molecule has 9 heteroatoms. The number of hydrogen-bond acceptors (Lipinski definition) is 7. The van der Waals surface area contributed by atoms with Crippen molar-refractivity contribution in [2.24, 2.45) is 0 Å². The number of aromatic amines is 1. The summed E-state index contributed by atoms with van der Waals surface area (Å²) < 4.78 is 0. The summed E-state index contributed by atoms with van der Waals surface area (Å²) in [7, 11) is 0. The van der Waals surface area contributed by atoms with Crippen molar-refractivity contribution in [1.29, 1.82) is 0 Å². The van der Waals surface area contributed by atoms with Crippen LogP contribution in [0.15, 0.2) is 30.5 Å². The van der Waals surface area contributed by atoms with Crippen LogP contribution >= 0.6 is 0 Å². The SMILES string of the molecule is Cc1ccc(Cc2cnn(CC(=O)C(=O)c3nn[nH]n3)n2)cc1. The molecule has 0 amide bonds. The minimum absolute atomic E-state index is 0.262. The van der Waals surface area contributed by atoms with Gasteiger partial charge in [-0.05, 0) is 17.7 Å². The molecule has 0 aliphatic rings. The predicted molar refractivity (Wildman–Crippen MR) is 77.5 cm³/mol. The molecular formula is C14H13N7O2. The van der Waals surface area contributed by atoms with Crippen LogP contribution in [0, 0.1) is 6.92 Å². The number of benzene rings is 1. The third kappa shape index (κ3) is 3.51. The molecule has 0 fully saturated rings. The number of rotatable bonds is 6. The second kappa shape index (κ2) is 6.26. The number of carbonyl (C=O) groups is 2. The number of hydrogen-bond donors (Lipinski definition) is 1. The van der Waals surface area contributed by atoms with Crippen molar-refractivity contribution < 1.29 is 9.59 Å². The average molecular weight is 311 g/mol. The van der Waals surface area contributed by atoms with Gasteiger partial charge >= 0.3 is 0 Å². The molecule has 0 saturated heterocycles. The van der Waals surface area contributed by atoms with E-state index in [1.807, 2.05) is 31.2 Å². The van der Waals surface area contributed by atoms with Gasteiger partial charge in [0, 0.05) is 6.42 Å². The number of ketones is 2. The first-order valence-corrected chi connectivity index (χ1v) is 6.87. The minimum Gasteiger partial charge on any atom is -0.288 e. The number of tetrazole rings is 1. The molecule has 116 valence electrons. The van der Waals surface area contributed by atoms with Gasteiger partial charge in [0.1, 0.15) is 6.54 Å². The fraction of sp³-hybridized carbons (Fsp3) is 0.214. The lowest BCUT2D eigenvalue weighted by Crippen LogP contribution is -2.22. The first-order valence-electron chi connectivity index (χ1n) is 6.87. The Kier molecular flexibility index (Phi) is 4.00. The average Bonchev–Trinajstić information content (AvgIpc) is 3.21. The van der Waals surface area contributed by atoms with E-state index < -0.39 is 11.6 Å². The van der Waals surface area contributed by atoms with Crippen LogP contribution in [0.5, 0.6) is 0 Å². The van der Waals surface area contributed by atoms with Crippen molar-refractivity contribution in [3.63, 3.8) is 0 Å². The predicted octanol–water partition coefficient (Wildman–Crippen LogP) is 0.142. The molecule has 2 heterocycles. The molecule has 3 rings (SSSR count). The first kappa shape index (κ1) is 14.7. The second-order valence-corrected chi connectivity index (χ2v) is 5.02. The number of aryl methyl sites for hydroxylation is 1. The summed E-state index contributed by atoms with van der Waals surface area (Å²) >= 11 is 0. The van der Waals surface area contributed by atoms with Crippen LogP contribution in [0.2, 0.25) is 0 Å². The third-order valence-electron chi connectivity index (χ3n) is 3.18. The Balaban J connectivity index is 1.64. The van der Waals surface area contributed by atoms with Crippen LogP contribution in [-0.4, -0.2) is 47.2 Å². The van der Waals surface area contributed by atoms with Gasteiger partial charge in [0.2, 0.25) is 11.6 Å². The van der Waals surface area contributed by atoms with Gasteiger partial charge in [-0.15, -0.1) is 10.2 Å². The van der Waals surface area contributed by atoms with E-state index in [0.717, 1.165) is 5.56 Å². The van der Waals surface area contributed by atoms with E-state index in [0.29, 0.717) is 12.1 Å². The first-order chi connectivity index (χ1) is 11.1. The number of H-pyrrole nitrogens is 1. The van der Waals surface area contributed by atoms with Gasteiger partial charge in [-0.1, -0.05) is 29.8 Å². The lowest BCUT2D eigenvalue weighted by atomic mass is 10.1. The van der Waals surface area contributed by atoms with Gasteiger partial charge < -0.3 is 0 Å². The van der Waals surface area contributed by atoms with Crippen molar-refractivity contribution in [3.05, 3.63) is 53.1 Å². The van der Waals surface area contributed by atoms with Gasteiger partial charge in [0.15, 0.2) is 0 Å². The van der Waals surface area contributed by atoms with Crippen molar-refractivity contribution >= 4 is 11.6 Å². The van der Waals surface area contributed by atoms with Crippen LogP contribution in [0.3, 0.4) is 0 Å². The highest BCUT2D eigenvalue weighted by atomic mass is 16.2. The Labute approximate surface area is 130 Å². The van der Waals surface area contributed by atoms with E-state index in [1.165, 1.54) is 10.4 Å². The van der Waals surface area contributed by atoms with Crippen LogP contribution in [0.4, 0.5) is 0 Å². The number of nitrogens with zero attached hydrogens (tertiary/aromatic N) is 6. The summed E-state index contributed by atoms with van der Waals surface area (Å²) in [5.41, 5.74) is 2.99. The van der Waals surface area contributed by atoms with Crippen molar-refractivity contribution in [2.45, 2.75) is 19.9 Å². The zero-order valence-corrected chi connectivity index (χ0v) is 12.3. The zero-order valence-electron chi connectivity index (χ0n) is 12.3. The van der Waals surface area contributed by atoms with Gasteiger partial charge in [0.05, 0.1) is 11.9 Å². The van der Waals surface area contributed by atoms with Crippen LogP contribution < -0.4 is 0 Å². The summed E-state index contributed by atoms with van der Waals surface area (Å²) in [6.45, 7) is 1.76. The fourth-order valence-electron chi connectivity index (χ4n) is 1.99. The smallest absolute Gasteiger partial charge is 0.271 e. The maximum absolute atomic E-state index is 11.8. The van der Waals surface area contributed by atoms with Crippen molar-refractivity contribution in [1.82, 2.24) is 35.6 Å². The van der Waals surface area contributed by atoms with Crippen molar-refractivity contribution in [2.75, 3.05) is 0 Å². The molecule has 9 nitrogen and oxygen atoms in total. The summed E-state index contributed by atoms with van der Waals surface area (Å²) in [5, 5.41) is 20.5. The number of aromatic nitrogens is 7. The lowest BCUT2D eigenvalue weighted by molar-refractivity contribution is -0.116. The van der Waals surface area contributed by atoms with E-state index in [9.17, 15) is 9.59 Å². The molecule has 2 aromatic heterocycles. The molecule has 0 atom stereocenters.